The van der Waals surface area contributed by atoms with Crippen LogP contribution in [0.2, 0.25) is 0 Å². The van der Waals surface area contributed by atoms with Crippen LogP contribution in [0.5, 0.6) is 0 Å². The minimum absolute atomic E-state index is 0.0930. The Morgan fingerprint density at radius 3 is 2.68 bits per heavy atom. The minimum Gasteiger partial charge on any atom is -0.323 e. The van der Waals surface area contributed by atoms with Crippen molar-refractivity contribution in [3.05, 3.63) is 35.9 Å². The number of nitrogens with two attached hydrogens (primary N) is 1. The van der Waals surface area contributed by atoms with Gasteiger partial charge in [-0.1, -0.05) is 44.2 Å². The largest absolute Gasteiger partial charge is 0.323 e. The summed E-state index contributed by atoms with van der Waals surface area (Å²) in [7, 11) is 0. The standard InChI is InChI=1S/C16H26N2S/c1-13-11-19-10-9-18(13)12-16(2,3)15(17)14-7-5-4-6-8-14/h4-8,13,15H,9-12,17H2,1-3H3. The Kier molecular flexibility index (Phi) is 4.93. The minimum atomic E-state index is 0.0930. The number of rotatable bonds is 4. The summed E-state index contributed by atoms with van der Waals surface area (Å²) in [6.07, 6.45) is 0. The molecule has 106 valence electrons. The molecular formula is C16H26N2S. The molecule has 1 heterocycles. The molecule has 2 rings (SSSR count). The molecule has 2 N–H and O–H groups in total. The van der Waals surface area contributed by atoms with Gasteiger partial charge in [-0.05, 0) is 17.9 Å². The number of thioether (sulfide) groups is 1. The fraction of sp³-hybridized carbons (Fsp3) is 0.625. The van der Waals surface area contributed by atoms with E-state index in [1.54, 1.807) is 0 Å². The van der Waals surface area contributed by atoms with Gasteiger partial charge >= 0.3 is 0 Å². The van der Waals surface area contributed by atoms with Crippen molar-refractivity contribution < 1.29 is 0 Å². The first-order chi connectivity index (χ1) is 9.00. The van der Waals surface area contributed by atoms with Crippen molar-refractivity contribution in [1.29, 1.82) is 0 Å². The van der Waals surface area contributed by atoms with Crippen LogP contribution in [0.15, 0.2) is 30.3 Å². The molecule has 1 aromatic rings. The highest BCUT2D eigenvalue weighted by Gasteiger charge is 2.32. The maximum atomic E-state index is 6.50. The predicted octanol–water partition coefficient (Wildman–Crippen LogP) is 3.15. The van der Waals surface area contributed by atoms with Gasteiger partial charge in [-0.3, -0.25) is 4.90 Å². The van der Waals surface area contributed by atoms with Crippen LogP contribution in [0.1, 0.15) is 32.4 Å². The molecule has 0 saturated carbocycles. The SMILES string of the molecule is CC1CSCCN1CC(C)(C)C(N)c1ccccc1. The van der Waals surface area contributed by atoms with E-state index in [-0.39, 0.29) is 11.5 Å². The summed E-state index contributed by atoms with van der Waals surface area (Å²) in [4.78, 5) is 2.60. The second-order valence-electron chi connectivity index (χ2n) is 6.27. The van der Waals surface area contributed by atoms with Gasteiger partial charge in [-0.15, -0.1) is 0 Å². The van der Waals surface area contributed by atoms with Gasteiger partial charge in [0.25, 0.3) is 0 Å². The Hall–Kier alpha value is -0.510. The molecule has 0 bridgehead atoms. The Bertz CT molecular complexity index is 391. The van der Waals surface area contributed by atoms with Crippen LogP contribution >= 0.6 is 11.8 Å². The average molecular weight is 278 g/mol. The van der Waals surface area contributed by atoms with Gasteiger partial charge in [0.1, 0.15) is 0 Å². The van der Waals surface area contributed by atoms with E-state index in [1.165, 1.54) is 23.6 Å². The zero-order valence-corrected chi connectivity index (χ0v) is 13.1. The summed E-state index contributed by atoms with van der Waals surface area (Å²) < 4.78 is 0. The van der Waals surface area contributed by atoms with E-state index in [4.69, 9.17) is 5.73 Å². The van der Waals surface area contributed by atoms with E-state index in [9.17, 15) is 0 Å². The molecular weight excluding hydrogens is 252 g/mol. The van der Waals surface area contributed by atoms with E-state index in [0.29, 0.717) is 6.04 Å². The molecule has 2 unspecified atom stereocenters. The number of hydrogen-bond acceptors (Lipinski definition) is 3. The second kappa shape index (κ2) is 6.29. The van der Waals surface area contributed by atoms with Gasteiger partial charge in [0.15, 0.2) is 0 Å². The Morgan fingerprint density at radius 2 is 2.05 bits per heavy atom. The zero-order valence-electron chi connectivity index (χ0n) is 12.3. The van der Waals surface area contributed by atoms with Gasteiger partial charge in [-0.25, -0.2) is 0 Å². The van der Waals surface area contributed by atoms with Gasteiger partial charge in [0.2, 0.25) is 0 Å². The van der Waals surface area contributed by atoms with E-state index in [1.807, 2.05) is 6.07 Å². The molecule has 0 spiro atoms. The third kappa shape index (κ3) is 3.74. The summed E-state index contributed by atoms with van der Waals surface area (Å²) in [5, 5.41) is 0. The van der Waals surface area contributed by atoms with Crippen LogP contribution in [-0.4, -0.2) is 35.5 Å². The maximum absolute atomic E-state index is 6.50. The normalized spacial score (nSPS) is 23.3. The van der Waals surface area contributed by atoms with Crippen molar-refractivity contribution in [2.45, 2.75) is 32.9 Å². The van der Waals surface area contributed by atoms with Crippen LogP contribution in [-0.2, 0) is 0 Å². The maximum Gasteiger partial charge on any atom is 0.0359 e. The molecule has 3 heteroatoms. The fourth-order valence-electron chi connectivity index (χ4n) is 2.73. The Labute approximate surface area is 121 Å². The van der Waals surface area contributed by atoms with Crippen molar-refractivity contribution in [1.82, 2.24) is 4.90 Å². The van der Waals surface area contributed by atoms with E-state index < -0.39 is 0 Å². The summed E-state index contributed by atoms with van der Waals surface area (Å²) in [6.45, 7) is 9.18. The van der Waals surface area contributed by atoms with Crippen molar-refractivity contribution in [2.75, 3.05) is 24.6 Å². The third-order valence-electron chi connectivity index (χ3n) is 4.12. The molecule has 0 aromatic heterocycles. The van der Waals surface area contributed by atoms with Gasteiger partial charge in [0.05, 0.1) is 0 Å². The van der Waals surface area contributed by atoms with Gasteiger partial charge in [0, 0.05) is 36.7 Å². The topological polar surface area (TPSA) is 29.3 Å². The summed E-state index contributed by atoms with van der Waals surface area (Å²) in [5.74, 6) is 2.50. The predicted molar refractivity (Wildman–Crippen MR) is 85.5 cm³/mol. The molecule has 1 aromatic carbocycles. The number of hydrogen-bond donors (Lipinski definition) is 1. The molecule has 0 amide bonds. The highest BCUT2D eigenvalue weighted by molar-refractivity contribution is 7.99. The average Bonchev–Trinajstić information content (AvgIpc) is 2.41. The first-order valence-electron chi connectivity index (χ1n) is 7.13. The van der Waals surface area contributed by atoms with Crippen LogP contribution in [0.3, 0.4) is 0 Å². The Morgan fingerprint density at radius 1 is 1.37 bits per heavy atom. The number of nitrogens with zero attached hydrogens (tertiary/aromatic N) is 1. The smallest absolute Gasteiger partial charge is 0.0359 e. The Balaban J connectivity index is 2.04. The lowest BCUT2D eigenvalue weighted by Gasteiger charge is -2.41. The van der Waals surface area contributed by atoms with Crippen LogP contribution in [0.25, 0.3) is 0 Å². The van der Waals surface area contributed by atoms with Crippen molar-refractivity contribution in [3.63, 3.8) is 0 Å². The molecule has 2 nitrogen and oxygen atoms in total. The lowest BCUT2D eigenvalue weighted by atomic mass is 9.80. The van der Waals surface area contributed by atoms with Gasteiger partial charge < -0.3 is 5.73 Å². The van der Waals surface area contributed by atoms with Crippen LogP contribution in [0.4, 0.5) is 0 Å². The molecule has 2 atom stereocenters. The molecule has 1 fully saturated rings. The lowest BCUT2D eigenvalue weighted by molar-refractivity contribution is 0.129. The number of benzene rings is 1. The highest BCUT2D eigenvalue weighted by Crippen LogP contribution is 2.33. The first-order valence-corrected chi connectivity index (χ1v) is 8.28. The quantitative estimate of drug-likeness (QED) is 0.917. The lowest BCUT2D eigenvalue weighted by Crippen LogP contribution is -2.48. The molecule has 1 aliphatic heterocycles. The van der Waals surface area contributed by atoms with Crippen molar-refractivity contribution in [2.24, 2.45) is 11.1 Å². The summed E-state index contributed by atoms with van der Waals surface area (Å²) >= 11 is 2.06. The highest BCUT2D eigenvalue weighted by atomic mass is 32.2. The first kappa shape index (κ1) is 14.9. The monoisotopic (exact) mass is 278 g/mol. The van der Waals surface area contributed by atoms with Crippen LogP contribution < -0.4 is 5.73 Å². The van der Waals surface area contributed by atoms with E-state index in [2.05, 4.69) is 61.7 Å². The van der Waals surface area contributed by atoms with E-state index >= 15 is 0 Å². The molecule has 0 radical (unpaired) electrons. The summed E-state index contributed by atoms with van der Waals surface area (Å²) in [5.41, 5.74) is 7.84. The van der Waals surface area contributed by atoms with Crippen LogP contribution in [0, 0.1) is 5.41 Å². The molecule has 1 saturated heterocycles. The van der Waals surface area contributed by atoms with Crippen molar-refractivity contribution in [3.8, 4) is 0 Å². The summed E-state index contributed by atoms with van der Waals surface area (Å²) in [6, 6.07) is 11.2. The molecule has 19 heavy (non-hydrogen) atoms. The van der Waals surface area contributed by atoms with Crippen molar-refractivity contribution >= 4 is 11.8 Å². The fourth-order valence-corrected chi connectivity index (χ4v) is 3.81. The van der Waals surface area contributed by atoms with E-state index in [0.717, 1.165) is 6.54 Å². The zero-order chi connectivity index (χ0) is 13.9. The van der Waals surface area contributed by atoms with Gasteiger partial charge in [-0.2, -0.15) is 11.8 Å². The second-order valence-corrected chi connectivity index (χ2v) is 7.42. The molecule has 0 aliphatic carbocycles. The molecule has 1 aliphatic rings. The third-order valence-corrected chi connectivity index (χ3v) is 5.31.